The van der Waals surface area contributed by atoms with Crippen molar-refractivity contribution < 1.29 is 19.1 Å². The van der Waals surface area contributed by atoms with Crippen LogP contribution >= 0.6 is 23.4 Å². The second-order valence-corrected chi connectivity index (χ2v) is 10.2. The average Bonchev–Trinajstić information content (AvgIpc) is 2.97. The fourth-order valence-electron chi connectivity index (χ4n) is 4.37. The Balaban J connectivity index is 1.66. The van der Waals surface area contributed by atoms with Crippen LogP contribution < -0.4 is 10.2 Å². The van der Waals surface area contributed by atoms with Gasteiger partial charge in [0, 0.05) is 29.2 Å². The monoisotopic (exact) mass is 573 g/mol. The number of para-hydroxylation sites is 2. The molecule has 1 N–H and O–H groups in total. The molecule has 0 aromatic heterocycles. The number of nitrogens with zero attached hydrogens (tertiary/aromatic N) is 2. The number of methoxy groups -OCH3 is 1. The molecule has 1 amide bonds. The molecule has 0 fully saturated rings. The molecular weight excluding hydrogens is 546 g/mol. The zero-order valence-corrected chi connectivity index (χ0v) is 23.7. The fourth-order valence-corrected chi connectivity index (χ4v) is 5.44. The van der Waals surface area contributed by atoms with Gasteiger partial charge in [0.1, 0.15) is 6.61 Å². The molecule has 0 bridgehead atoms. The van der Waals surface area contributed by atoms with Gasteiger partial charge in [-0.1, -0.05) is 71.9 Å². The highest BCUT2D eigenvalue weighted by atomic mass is 35.5. The summed E-state index contributed by atoms with van der Waals surface area (Å²) in [4.78, 5) is 28.5. The standard InChI is InChI=1S/C31H28ClN3O4S/c1-21-28(31(37)39-18-17-38-2)29(22-13-15-23(32)16-14-22)26(19-33)30(34-21)40-20-27(36)35(24-9-5-3-6-10-24)25-11-7-4-8-12-25/h3-16,29,34H,17-18,20H2,1-2H3. The van der Waals surface area contributed by atoms with Crippen molar-refractivity contribution in [1.29, 1.82) is 5.26 Å². The second kappa shape index (κ2) is 13.9. The summed E-state index contributed by atoms with van der Waals surface area (Å²) in [7, 11) is 1.52. The van der Waals surface area contributed by atoms with Crippen molar-refractivity contribution in [3.8, 4) is 6.07 Å². The molecule has 1 aliphatic heterocycles. The highest BCUT2D eigenvalue weighted by molar-refractivity contribution is 8.03. The van der Waals surface area contributed by atoms with E-state index >= 15 is 0 Å². The van der Waals surface area contributed by atoms with Crippen LogP contribution in [0, 0.1) is 11.3 Å². The summed E-state index contributed by atoms with van der Waals surface area (Å²) in [5.74, 6) is -1.36. The minimum atomic E-state index is -0.699. The van der Waals surface area contributed by atoms with Crippen LogP contribution in [0.4, 0.5) is 11.4 Å². The molecule has 7 nitrogen and oxygen atoms in total. The smallest absolute Gasteiger partial charge is 0.336 e. The third kappa shape index (κ3) is 6.75. The Bertz CT molecular complexity index is 1410. The lowest BCUT2D eigenvalue weighted by atomic mass is 9.82. The van der Waals surface area contributed by atoms with Gasteiger partial charge >= 0.3 is 5.97 Å². The van der Waals surface area contributed by atoms with Crippen LogP contribution in [0.3, 0.4) is 0 Å². The Hall–Kier alpha value is -4.03. The van der Waals surface area contributed by atoms with Crippen LogP contribution in [-0.4, -0.2) is 38.0 Å². The maximum absolute atomic E-state index is 13.6. The first kappa shape index (κ1) is 29.0. The van der Waals surface area contributed by atoms with Gasteiger partial charge in [0.2, 0.25) is 5.91 Å². The predicted octanol–water partition coefficient (Wildman–Crippen LogP) is 6.32. The molecule has 3 aromatic rings. The van der Waals surface area contributed by atoms with E-state index in [-0.39, 0.29) is 24.9 Å². The number of allylic oxidation sites excluding steroid dienone is 2. The summed E-state index contributed by atoms with van der Waals surface area (Å²) < 4.78 is 10.4. The summed E-state index contributed by atoms with van der Waals surface area (Å²) in [5.41, 5.74) is 3.36. The van der Waals surface area contributed by atoms with Gasteiger partial charge in [-0.15, -0.1) is 0 Å². The quantitative estimate of drug-likeness (QED) is 0.224. The van der Waals surface area contributed by atoms with E-state index in [0.717, 1.165) is 11.4 Å². The summed E-state index contributed by atoms with van der Waals surface area (Å²) in [6, 6.07) is 28.1. The molecule has 1 aliphatic rings. The molecule has 0 radical (unpaired) electrons. The van der Waals surface area contributed by atoms with Crippen molar-refractivity contribution >= 4 is 46.6 Å². The molecule has 1 unspecified atom stereocenters. The first-order valence-electron chi connectivity index (χ1n) is 12.5. The number of hydrogen-bond acceptors (Lipinski definition) is 7. The van der Waals surface area contributed by atoms with Gasteiger partial charge < -0.3 is 14.8 Å². The van der Waals surface area contributed by atoms with E-state index in [0.29, 0.717) is 32.5 Å². The van der Waals surface area contributed by atoms with Gasteiger partial charge in [-0.05, 0) is 48.9 Å². The zero-order valence-electron chi connectivity index (χ0n) is 22.1. The predicted molar refractivity (Wildman–Crippen MR) is 158 cm³/mol. The summed E-state index contributed by atoms with van der Waals surface area (Å²) in [5, 5.41) is 14.5. The van der Waals surface area contributed by atoms with Gasteiger partial charge in [0.25, 0.3) is 0 Å². The lowest BCUT2D eigenvalue weighted by Crippen LogP contribution is -2.31. The molecule has 3 aromatic carbocycles. The number of esters is 1. The maximum atomic E-state index is 13.6. The van der Waals surface area contributed by atoms with E-state index in [2.05, 4.69) is 11.4 Å². The normalized spacial score (nSPS) is 14.8. The van der Waals surface area contributed by atoms with Gasteiger partial charge in [-0.2, -0.15) is 5.26 Å². The average molecular weight is 574 g/mol. The minimum absolute atomic E-state index is 0.0472. The summed E-state index contributed by atoms with van der Waals surface area (Å²) >= 11 is 7.34. The number of thioether (sulfide) groups is 1. The van der Waals surface area contributed by atoms with E-state index < -0.39 is 11.9 Å². The highest BCUT2D eigenvalue weighted by Gasteiger charge is 2.36. The van der Waals surface area contributed by atoms with Gasteiger partial charge in [0.05, 0.1) is 40.5 Å². The van der Waals surface area contributed by atoms with Crippen LogP contribution in [0.15, 0.2) is 107 Å². The van der Waals surface area contributed by atoms with E-state index in [9.17, 15) is 14.9 Å². The number of hydrogen-bond donors (Lipinski definition) is 1. The number of benzene rings is 3. The van der Waals surface area contributed by atoms with Crippen molar-refractivity contribution in [3.05, 3.63) is 117 Å². The second-order valence-electron chi connectivity index (χ2n) is 8.82. The zero-order chi connectivity index (χ0) is 28.5. The number of halogens is 1. The van der Waals surface area contributed by atoms with Crippen LogP contribution in [0.2, 0.25) is 5.02 Å². The third-order valence-corrected chi connectivity index (χ3v) is 7.46. The van der Waals surface area contributed by atoms with Crippen molar-refractivity contribution in [3.63, 3.8) is 0 Å². The first-order chi connectivity index (χ1) is 19.4. The van der Waals surface area contributed by atoms with Gasteiger partial charge in [0.15, 0.2) is 0 Å². The molecule has 1 atom stereocenters. The number of anilines is 2. The first-order valence-corrected chi connectivity index (χ1v) is 13.9. The molecule has 0 aliphatic carbocycles. The number of carbonyl (C=O) groups is 2. The molecule has 0 saturated heterocycles. The SMILES string of the molecule is COCCOC(=O)C1=C(C)NC(SCC(=O)N(c2ccccc2)c2ccccc2)=C(C#N)C1c1ccc(Cl)cc1. The number of amides is 1. The van der Waals surface area contributed by atoms with Crippen LogP contribution in [0.1, 0.15) is 18.4 Å². The molecule has 0 spiro atoms. The van der Waals surface area contributed by atoms with Crippen LogP contribution in [0.5, 0.6) is 0 Å². The maximum Gasteiger partial charge on any atom is 0.336 e. The Morgan fingerprint density at radius 2 is 1.57 bits per heavy atom. The molecule has 40 heavy (non-hydrogen) atoms. The lowest BCUT2D eigenvalue weighted by molar-refractivity contribution is -0.140. The third-order valence-electron chi connectivity index (χ3n) is 6.21. The van der Waals surface area contributed by atoms with E-state index in [1.807, 2.05) is 60.7 Å². The van der Waals surface area contributed by atoms with Gasteiger partial charge in [-0.25, -0.2) is 4.79 Å². The molecule has 9 heteroatoms. The Morgan fingerprint density at radius 3 is 2.12 bits per heavy atom. The lowest BCUT2D eigenvalue weighted by Gasteiger charge is -2.30. The molecular formula is C31H28ClN3O4S. The Kier molecular flexibility index (Phi) is 10.0. The fraction of sp³-hybridized carbons (Fsp3) is 0.194. The number of rotatable bonds is 10. The molecule has 204 valence electrons. The van der Waals surface area contributed by atoms with Crippen LogP contribution in [-0.2, 0) is 19.1 Å². The number of ether oxygens (including phenoxy) is 2. The summed E-state index contributed by atoms with van der Waals surface area (Å²) in [6.45, 7) is 2.09. The van der Waals surface area contributed by atoms with Crippen molar-refractivity contribution in [2.24, 2.45) is 0 Å². The highest BCUT2D eigenvalue weighted by Crippen LogP contribution is 2.41. The van der Waals surface area contributed by atoms with Crippen molar-refractivity contribution in [2.45, 2.75) is 12.8 Å². The number of nitriles is 1. The van der Waals surface area contributed by atoms with E-state index in [1.54, 1.807) is 36.1 Å². The van der Waals surface area contributed by atoms with E-state index in [4.69, 9.17) is 21.1 Å². The largest absolute Gasteiger partial charge is 0.460 e. The molecule has 1 heterocycles. The Morgan fingerprint density at radius 1 is 0.975 bits per heavy atom. The van der Waals surface area contributed by atoms with E-state index in [1.165, 1.54) is 18.9 Å². The topological polar surface area (TPSA) is 91.7 Å². The van der Waals surface area contributed by atoms with Gasteiger partial charge in [-0.3, -0.25) is 9.69 Å². The number of carbonyl (C=O) groups excluding carboxylic acids is 2. The Labute approximate surface area is 243 Å². The summed E-state index contributed by atoms with van der Waals surface area (Å²) in [6.07, 6.45) is 0. The van der Waals surface area contributed by atoms with Crippen molar-refractivity contribution in [1.82, 2.24) is 5.32 Å². The molecule has 4 rings (SSSR count). The van der Waals surface area contributed by atoms with Crippen molar-refractivity contribution in [2.75, 3.05) is 31.0 Å². The number of dihydropyridines is 1. The number of nitrogens with one attached hydrogen (secondary N) is 1. The van der Waals surface area contributed by atoms with Crippen LogP contribution in [0.25, 0.3) is 0 Å². The molecule has 0 saturated carbocycles. The minimum Gasteiger partial charge on any atom is -0.460 e.